The van der Waals surface area contributed by atoms with E-state index in [0.29, 0.717) is 53.7 Å². The van der Waals surface area contributed by atoms with Crippen LogP contribution in [0, 0.1) is 5.92 Å². The smallest absolute Gasteiger partial charge is 0.177 e. The van der Waals surface area contributed by atoms with Gasteiger partial charge in [0, 0.05) is 36.5 Å². The van der Waals surface area contributed by atoms with Crippen LogP contribution < -0.4 is 18.9 Å². The van der Waals surface area contributed by atoms with Crippen molar-refractivity contribution in [1.29, 1.82) is 0 Å². The SMILES string of the molecule is COc1cc2c(cc1OC)C1(C(=O)c3ccc4c(c3O)C[C@H](C(C)C)O4)CC(C1)O2. The molecular formula is C24H26O6. The summed E-state index contributed by atoms with van der Waals surface area (Å²) in [4.78, 5) is 13.8. The van der Waals surface area contributed by atoms with Gasteiger partial charge in [-0.2, -0.15) is 0 Å². The number of rotatable bonds is 5. The van der Waals surface area contributed by atoms with Crippen molar-refractivity contribution in [3.05, 3.63) is 41.0 Å². The van der Waals surface area contributed by atoms with E-state index >= 15 is 0 Å². The molecule has 6 rings (SSSR count). The largest absolute Gasteiger partial charge is 0.507 e. The van der Waals surface area contributed by atoms with Crippen molar-refractivity contribution >= 4 is 5.78 Å². The maximum Gasteiger partial charge on any atom is 0.177 e. The van der Waals surface area contributed by atoms with Crippen LogP contribution in [-0.4, -0.2) is 37.3 Å². The number of hydrogen-bond donors (Lipinski definition) is 1. The van der Waals surface area contributed by atoms with Gasteiger partial charge in [0.25, 0.3) is 0 Å². The molecule has 3 aliphatic heterocycles. The molecule has 1 fully saturated rings. The molecule has 6 nitrogen and oxygen atoms in total. The number of fused-ring (bicyclic) bond motifs is 1. The molecule has 0 unspecified atom stereocenters. The van der Waals surface area contributed by atoms with Crippen LogP contribution in [0.3, 0.4) is 0 Å². The predicted molar refractivity (Wildman–Crippen MR) is 110 cm³/mol. The highest BCUT2D eigenvalue weighted by molar-refractivity contribution is 6.08. The van der Waals surface area contributed by atoms with Crippen molar-refractivity contribution in [2.75, 3.05) is 14.2 Å². The van der Waals surface area contributed by atoms with Gasteiger partial charge in [-0.1, -0.05) is 13.8 Å². The average molecular weight is 410 g/mol. The van der Waals surface area contributed by atoms with E-state index in [9.17, 15) is 9.90 Å². The van der Waals surface area contributed by atoms with Gasteiger partial charge in [-0.25, -0.2) is 0 Å². The molecule has 2 aromatic rings. The van der Waals surface area contributed by atoms with Crippen LogP contribution >= 0.6 is 0 Å². The van der Waals surface area contributed by atoms with Crippen LogP contribution in [0.25, 0.3) is 0 Å². The summed E-state index contributed by atoms with van der Waals surface area (Å²) in [5, 5.41) is 11.0. The Kier molecular flexibility index (Phi) is 4.17. The van der Waals surface area contributed by atoms with Crippen LogP contribution in [0.5, 0.6) is 28.7 Å². The van der Waals surface area contributed by atoms with Crippen LogP contribution in [0.4, 0.5) is 0 Å². The first kappa shape index (κ1) is 19.1. The lowest BCUT2D eigenvalue weighted by atomic mass is 9.57. The topological polar surface area (TPSA) is 74.2 Å². The molecule has 2 aromatic carbocycles. The molecule has 1 atom stereocenters. The second-order valence-electron chi connectivity index (χ2n) is 8.81. The Morgan fingerprint density at radius 2 is 1.80 bits per heavy atom. The zero-order valence-corrected chi connectivity index (χ0v) is 17.7. The van der Waals surface area contributed by atoms with Crippen molar-refractivity contribution in [2.45, 2.75) is 50.7 Å². The zero-order chi connectivity index (χ0) is 21.2. The lowest BCUT2D eigenvalue weighted by molar-refractivity contribution is 0.0104. The van der Waals surface area contributed by atoms with E-state index in [-0.39, 0.29) is 23.7 Å². The molecule has 158 valence electrons. The Hall–Kier alpha value is -2.89. The number of hydrogen-bond acceptors (Lipinski definition) is 6. The Balaban J connectivity index is 1.56. The van der Waals surface area contributed by atoms with Gasteiger partial charge in [0.05, 0.1) is 25.2 Å². The Labute approximate surface area is 175 Å². The third-order valence-electron chi connectivity index (χ3n) is 6.79. The predicted octanol–water partition coefficient (Wildman–Crippen LogP) is 4.04. The van der Waals surface area contributed by atoms with Crippen LogP contribution in [0.15, 0.2) is 24.3 Å². The number of carbonyl (C=O) groups is 1. The minimum atomic E-state index is -0.722. The first-order valence-corrected chi connectivity index (χ1v) is 10.4. The maximum atomic E-state index is 13.8. The number of ether oxygens (including phenoxy) is 4. The van der Waals surface area contributed by atoms with Crippen molar-refractivity contribution < 1.29 is 28.8 Å². The average Bonchev–Trinajstić information content (AvgIpc) is 3.17. The van der Waals surface area contributed by atoms with E-state index in [1.807, 2.05) is 12.1 Å². The third kappa shape index (κ3) is 2.52. The van der Waals surface area contributed by atoms with Gasteiger partial charge in [-0.3, -0.25) is 4.79 Å². The number of phenolic OH excluding ortho intramolecular Hbond substituents is 1. The lowest BCUT2D eigenvalue weighted by Gasteiger charge is -2.51. The molecule has 1 N–H and O–H groups in total. The Morgan fingerprint density at radius 1 is 1.10 bits per heavy atom. The Bertz CT molecular complexity index is 1030. The highest BCUT2D eigenvalue weighted by atomic mass is 16.5. The molecule has 30 heavy (non-hydrogen) atoms. The lowest BCUT2D eigenvalue weighted by Crippen LogP contribution is -2.56. The van der Waals surface area contributed by atoms with Gasteiger partial charge in [0.2, 0.25) is 0 Å². The maximum absolute atomic E-state index is 13.8. The van der Waals surface area contributed by atoms with Gasteiger partial charge in [-0.15, -0.1) is 0 Å². The number of methoxy groups -OCH3 is 2. The molecule has 1 saturated carbocycles. The quantitative estimate of drug-likeness (QED) is 0.750. The molecular weight excluding hydrogens is 384 g/mol. The molecule has 2 bridgehead atoms. The summed E-state index contributed by atoms with van der Waals surface area (Å²) in [6.07, 6.45) is 1.81. The molecule has 3 heterocycles. The standard InChI is InChI=1S/C24H26O6/c1-12(2)18-7-15-17(30-18)6-5-14(22(15)25)23(26)24-10-13(11-24)29-19-9-21(28-4)20(27-3)8-16(19)24/h5-6,8-9,12-13,18,25H,7,10-11H2,1-4H3/t13?,18-,24?/m1/s1. The number of ketones is 1. The summed E-state index contributed by atoms with van der Waals surface area (Å²) in [7, 11) is 3.15. The van der Waals surface area contributed by atoms with E-state index in [0.717, 1.165) is 11.1 Å². The van der Waals surface area contributed by atoms with E-state index in [1.54, 1.807) is 26.4 Å². The highest BCUT2D eigenvalue weighted by Crippen LogP contribution is 2.58. The fourth-order valence-electron chi connectivity index (χ4n) is 4.98. The molecule has 0 radical (unpaired) electrons. The first-order valence-electron chi connectivity index (χ1n) is 10.4. The normalized spacial score (nSPS) is 25.5. The van der Waals surface area contributed by atoms with E-state index in [4.69, 9.17) is 18.9 Å². The number of benzene rings is 2. The molecule has 1 aliphatic carbocycles. The van der Waals surface area contributed by atoms with Crippen LogP contribution in [0.2, 0.25) is 0 Å². The van der Waals surface area contributed by atoms with Crippen molar-refractivity contribution in [2.24, 2.45) is 5.92 Å². The van der Waals surface area contributed by atoms with E-state index < -0.39 is 5.41 Å². The number of aromatic hydroxyl groups is 1. The van der Waals surface area contributed by atoms with Crippen molar-refractivity contribution in [3.8, 4) is 28.7 Å². The third-order valence-corrected chi connectivity index (χ3v) is 6.79. The second kappa shape index (κ2) is 6.56. The van der Waals surface area contributed by atoms with E-state index in [2.05, 4.69) is 13.8 Å². The summed E-state index contributed by atoms with van der Waals surface area (Å²) in [6, 6.07) is 7.12. The zero-order valence-electron chi connectivity index (χ0n) is 17.7. The van der Waals surface area contributed by atoms with Gasteiger partial charge in [-0.05, 0) is 24.1 Å². The molecule has 0 spiro atoms. The monoisotopic (exact) mass is 410 g/mol. The molecule has 0 saturated heterocycles. The fourth-order valence-corrected chi connectivity index (χ4v) is 4.98. The first-order chi connectivity index (χ1) is 14.4. The van der Waals surface area contributed by atoms with Gasteiger partial charge in [0.15, 0.2) is 17.3 Å². The van der Waals surface area contributed by atoms with Gasteiger partial charge in [0.1, 0.15) is 29.5 Å². The summed E-state index contributed by atoms with van der Waals surface area (Å²) < 4.78 is 22.8. The van der Waals surface area contributed by atoms with Gasteiger partial charge < -0.3 is 24.1 Å². The summed E-state index contributed by atoms with van der Waals surface area (Å²) in [5.74, 6) is 2.74. The minimum absolute atomic E-state index is 0.00947. The van der Waals surface area contributed by atoms with Gasteiger partial charge >= 0.3 is 0 Å². The molecule has 0 aromatic heterocycles. The van der Waals surface area contributed by atoms with Crippen LogP contribution in [0.1, 0.15) is 48.2 Å². The van der Waals surface area contributed by atoms with Crippen LogP contribution in [-0.2, 0) is 11.8 Å². The Morgan fingerprint density at radius 3 is 2.47 bits per heavy atom. The summed E-state index contributed by atoms with van der Waals surface area (Å²) in [6.45, 7) is 4.18. The molecule has 0 amide bonds. The van der Waals surface area contributed by atoms with E-state index in [1.165, 1.54) is 0 Å². The minimum Gasteiger partial charge on any atom is -0.507 e. The summed E-state index contributed by atoms with van der Waals surface area (Å²) >= 11 is 0. The number of phenols is 1. The highest BCUT2D eigenvalue weighted by Gasteiger charge is 2.58. The fraction of sp³-hybridized carbons (Fsp3) is 0.458. The second-order valence-corrected chi connectivity index (χ2v) is 8.81. The van der Waals surface area contributed by atoms with Crippen molar-refractivity contribution in [3.63, 3.8) is 0 Å². The number of Topliss-reactive ketones (excluding diaryl/α,β-unsaturated/α-hetero) is 1. The molecule has 6 heteroatoms. The number of carbonyl (C=O) groups excluding carboxylic acids is 1. The molecule has 4 aliphatic rings. The summed E-state index contributed by atoms with van der Waals surface area (Å²) in [5.41, 5.74) is 1.15. The van der Waals surface area contributed by atoms with Crippen molar-refractivity contribution in [1.82, 2.24) is 0 Å².